The highest BCUT2D eigenvalue weighted by Crippen LogP contribution is 2.18. The molecular weight excluding hydrogens is 191 g/mol. The van der Waals surface area contributed by atoms with Crippen LogP contribution in [0.5, 0.6) is 0 Å². The molecule has 3 heteroatoms. The maximum Gasteiger partial charge on any atom is 0.0934 e. The minimum atomic E-state index is -0.182. The predicted octanol–water partition coefficient (Wildman–Crippen LogP) is 2.26. The summed E-state index contributed by atoms with van der Waals surface area (Å²) in [7, 11) is 0. The molecule has 1 atom stereocenters. The van der Waals surface area contributed by atoms with E-state index in [9.17, 15) is 4.39 Å². The van der Waals surface area contributed by atoms with Gasteiger partial charge in [-0.15, -0.1) is 0 Å². The topological polar surface area (TPSA) is 16.1 Å². The molecule has 0 spiro atoms. The highest BCUT2D eigenvalue weighted by Gasteiger charge is 2.19. The summed E-state index contributed by atoms with van der Waals surface area (Å²) in [5.74, 6) is 0.238. The summed E-state index contributed by atoms with van der Waals surface area (Å²) in [5.41, 5.74) is 1.08. The van der Waals surface area contributed by atoms with Crippen LogP contribution in [0.25, 0.3) is 0 Å². The van der Waals surface area contributed by atoms with E-state index >= 15 is 0 Å². The zero-order valence-electron chi connectivity index (χ0n) is 8.90. The molecule has 2 rings (SSSR count). The Bertz CT molecular complexity index is 289. The molecule has 1 aliphatic heterocycles. The first-order chi connectivity index (χ1) is 7.38. The van der Waals surface area contributed by atoms with E-state index in [4.69, 9.17) is 0 Å². The van der Waals surface area contributed by atoms with Crippen molar-refractivity contribution in [1.82, 2.24) is 9.88 Å². The second-order valence-electron chi connectivity index (χ2n) is 4.22. The van der Waals surface area contributed by atoms with Gasteiger partial charge < -0.3 is 0 Å². The fraction of sp³-hybridized carbons (Fsp3) is 0.583. The van der Waals surface area contributed by atoms with Gasteiger partial charge in [0.2, 0.25) is 0 Å². The van der Waals surface area contributed by atoms with Gasteiger partial charge in [0.05, 0.1) is 12.4 Å². The van der Waals surface area contributed by atoms with Crippen molar-refractivity contribution in [2.75, 3.05) is 19.8 Å². The quantitative estimate of drug-likeness (QED) is 0.757. The molecular formula is C12H17FN2. The summed E-state index contributed by atoms with van der Waals surface area (Å²) >= 11 is 0. The van der Waals surface area contributed by atoms with Crippen molar-refractivity contribution in [3.8, 4) is 0 Å². The fourth-order valence-electron chi connectivity index (χ4n) is 2.14. The third-order valence-corrected chi connectivity index (χ3v) is 2.93. The summed E-state index contributed by atoms with van der Waals surface area (Å²) in [4.78, 5) is 6.59. The number of likely N-dealkylation sites (tertiary alicyclic amines) is 1. The molecule has 2 nitrogen and oxygen atoms in total. The number of halogens is 1. The lowest BCUT2D eigenvalue weighted by Gasteiger charge is -2.30. The first-order valence-corrected chi connectivity index (χ1v) is 5.56. The Morgan fingerprint density at radius 1 is 1.47 bits per heavy atom. The number of hydrogen-bond acceptors (Lipinski definition) is 2. The highest BCUT2D eigenvalue weighted by atomic mass is 19.1. The van der Waals surface area contributed by atoms with E-state index in [1.165, 1.54) is 0 Å². The number of pyridine rings is 1. The molecule has 1 saturated heterocycles. The van der Waals surface area contributed by atoms with Crippen molar-refractivity contribution in [2.45, 2.75) is 19.4 Å². The maximum absolute atomic E-state index is 12.5. The second kappa shape index (κ2) is 5.21. The Morgan fingerprint density at radius 2 is 2.40 bits per heavy atom. The Balaban J connectivity index is 1.89. The van der Waals surface area contributed by atoms with Crippen LogP contribution in [0.1, 0.15) is 18.5 Å². The van der Waals surface area contributed by atoms with Gasteiger partial charge in [-0.25, -0.2) is 0 Å². The molecule has 1 unspecified atom stereocenters. The fourth-order valence-corrected chi connectivity index (χ4v) is 2.14. The molecule has 1 fully saturated rings. The predicted molar refractivity (Wildman–Crippen MR) is 58.2 cm³/mol. The molecule has 0 N–H and O–H groups in total. The summed E-state index contributed by atoms with van der Waals surface area (Å²) in [6, 6.07) is 5.95. The van der Waals surface area contributed by atoms with E-state index in [0.717, 1.165) is 38.2 Å². The monoisotopic (exact) mass is 208 g/mol. The first-order valence-electron chi connectivity index (χ1n) is 5.56. The third-order valence-electron chi connectivity index (χ3n) is 2.93. The molecule has 0 amide bonds. The van der Waals surface area contributed by atoms with Crippen molar-refractivity contribution >= 4 is 0 Å². The average molecular weight is 208 g/mol. The van der Waals surface area contributed by atoms with Crippen LogP contribution in [0.3, 0.4) is 0 Å². The molecule has 82 valence electrons. The minimum absolute atomic E-state index is 0.182. The van der Waals surface area contributed by atoms with Crippen LogP contribution in [0.15, 0.2) is 24.4 Å². The zero-order valence-corrected chi connectivity index (χ0v) is 8.90. The lowest BCUT2D eigenvalue weighted by atomic mass is 9.99. The average Bonchev–Trinajstić information content (AvgIpc) is 2.31. The van der Waals surface area contributed by atoms with Crippen molar-refractivity contribution in [3.63, 3.8) is 0 Å². The van der Waals surface area contributed by atoms with Crippen molar-refractivity contribution in [1.29, 1.82) is 0 Å². The van der Waals surface area contributed by atoms with Gasteiger partial charge in [0, 0.05) is 25.2 Å². The molecule has 1 aliphatic rings. The van der Waals surface area contributed by atoms with Gasteiger partial charge in [0.1, 0.15) is 0 Å². The molecule has 0 aliphatic carbocycles. The van der Waals surface area contributed by atoms with Gasteiger partial charge in [-0.05, 0) is 31.5 Å². The van der Waals surface area contributed by atoms with Crippen LogP contribution in [-0.4, -0.2) is 29.6 Å². The van der Waals surface area contributed by atoms with E-state index in [0.29, 0.717) is 0 Å². The van der Waals surface area contributed by atoms with Gasteiger partial charge in [0.25, 0.3) is 0 Å². The smallest absolute Gasteiger partial charge is 0.0934 e. The molecule has 0 bridgehead atoms. The van der Waals surface area contributed by atoms with Gasteiger partial charge in [-0.1, -0.05) is 6.07 Å². The van der Waals surface area contributed by atoms with E-state index < -0.39 is 0 Å². The summed E-state index contributed by atoms with van der Waals surface area (Å²) < 4.78 is 12.5. The Morgan fingerprint density at radius 3 is 3.13 bits per heavy atom. The van der Waals surface area contributed by atoms with Crippen molar-refractivity contribution in [3.05, 3.63) is 30.1 Å². The molecule has 1 aromatic rings. The van der Waals surface area contributed by atoms with E-state index in [1.54, 1.807) is 0 Å². The van der Waals surface area contributed by atoms with Crippen LogP contribution < -0.4 is 0 Å². The van der Waals surface area contributed by atoms with Crippen LogP contribution >= 0.6 is 0 Å². The lowest BCUT2D eigenvalue weighted by molar-refractivity contribution is 0.146. The highest BCUT2D eigenvalue weighted by molar-refractivity contribution is 5.03. The normalized spacial score (nSPS) is 22.9. The SMILES string of the molecule is FCC1CCCN(Cc2ccccn2)C1. The first kappa shape index (κ1) is 10.6. The molecule has 2 heterocycles. The Kier molecular flexibility index (Phi) is 3.67. The van der Waals surface area contributed by atoms with Gasteiger partial charge in [-0.2, -0.15) is 0 Å². The standard InChI is InChI=1S/C12H17FN2/c13-8-11-4-3-7-15(9-11)10-12-5-1-2-6-14-12/h1-2,5-6,11H,3-4,7-10H2. The van der Waals surface area contributed by atoms with E-state index in [1.807, 2.05) is 24.4 Å². The lowest BCUT2D eigenvalue weighted by Crippen LogP contribution is -2.35. The van der Waals surface area contributed by atoms with Gasteiger partial charge in [-0.3, -0.25) is 14.3 Å². The third kappa shape index (κ3) is 2.99. The van der Waals surface area contributed by atoms with Gasteiger partial charge in [0.15, 0.2) is 0 Å². The largest absolute Gasteiger partial charge is 0.297 e. The van der Waals surface area contributed by atoms with Crippen molar-refractivity contribution in [2.24, 2.45) is 5.92 Å². The van der Waals surface area contributed by atoms with Crippen LogP contribution in [0.4, 0.5) is 4.39 Å². The van der Waals surface area contributed by atoms with Crippen LogP contribution in [-0.2, 0) is 6.54 Å². The zero-order chi connectivity index (χ0) is 10.5. The number of aromatic nitrogens is 1. The maximum atomic E-state index is 12.5. The Hall–Kier alpha value is -0.960. The summed E-state index contributed by atoms with van der Waals surface area (Å²) in [6.45, 7) is 2.64. The molecule has 0 radical (unpaired) electrons. The number of alkyl halides is 1. The molecule has 1 aromatic heterocycles. The van der Waals surface area contributed by atoms with E-state index in [-0.39, 0.29) is 12.6 Å². The Labute approximate surface area is 90.1 Å². The van der Waals surface area contributed by atoms with Crippen LogP contribution in [0, 0.1) is 5.92 Å². The van der Waals surface area contributed by atoms with Crippen molar-refractivity contribution < 1.29 is 4.39 Å². The van der Waals surface area contributed by atoms with Crippen LogP contribution in [0.2, 0.25) is 0 Å². The number of piperidine rings is 1. The summed E-state index contributed by atoms with van der Waals surface area (Å²) in [5, 5.41) is 0. The number of hydrogen-bond donors (Lipinski definition) is 0. The number of rotatable bonds is 3. The number of nitrogens with zero attached hydrogens (tertiary/aromatic N) is 2. The molecule has 15 heavy (non-hydrogen) atoms. The molecule has 0 aromatic carbocycles. The summed E-state index contributed by atoms with van der Waals surface area (Å²) in [6.07, 6.45) is 3.96. The minimum Gasteiger partial charge on any atom is -0.297 e. The molecule has 0 saturated carbocycles. The second-order valence-corrected chi connectivity index (χ2v) is 4.22. The van der Waals surface area contributed by atoms with E-state index in [2.05, 4.69) is 9.88 Å². The van der Waals surface area contributed by atoms with Gasteiger partial charge >= 0.3 is 0 Å².